The summed E-state index contributed by atoms with van der Waals surface area (Å²) in [6, 6.07) is 0. The van der Waals surface area contributed by atoms with Gasteiger partial charge in [0.15, 0.2) is 0 Å². The number of rotatable bonds is 0. The standard InChI is InChI=1S/C7H9N/c1-2-7-4-3-5-8-6-7/h1,4,8H,3,5-6H2. The van der Waals surface area contributed by atoms with E-state index in [2.05, 4.69) is 17.3 Å². The highest BCUT2D eigenvalue weighted by molar-refractivity contribution is 5.27. The van der Waals surface area contributed by atoms with Crippen molar-refractivity contribution in [1.82, 2.24) is 5.32 Å². The molecule has 0 atom stereocenters. The molecule has 1 aliphatic heterocycles. The molecule has 0 aliphatic carbocycles. The second-order valence-corrected chi connectivity index (χ2v) is 1.84. The van der Waals surface area contributed by atoms with Crippen LogP contribution in [0.2, 0.25) is 0 Å². The van der Waals surface area contributed by atoms with Crippen LogP contribution >= 0.6 is 0 Å². The molecule has 1 heteroatoms. The Morgan fingerprint density at radius 3 is 3.00 bits per heavy atom. The van der Waals surface area contributed by atoms with Gasteiger partial charge in [-0.3, -0.25) is 0 Å². The molecule has 0 saturated carbocycles. The van der Waals surface area contributed by atoms with E-state index in [9.17, 15) is 0 Å². The molecule has 0 aromatic rings. The van der Waals surface area contributed by atoms with E-state index in [1.54, 1.807) is 0 Å². The van der Waals surface area contributed by atoms with Crippen LogP contribution in [0, 0.1) is 12.3 Å². The Morgan fingerprint density at radius 1 is 1.75 bits per heavy atom. The van der Waals surface area contributed by atoms with Crippen molar-refractivity contribution in [3.05, 3.63) is 11.6 Å². The van der Waals surface area contributed by atoms with Crippen LogP contribution < -0.4 is 5.32 Å². The summed E-state index contributed by atoms with van der Waals surface area (Å²) in [4.78, 5) is 0. The lowest BCUT2D eigenvalue weighted by atomic mass is 10.2. The predicted octanol–water partition coefficient (Wildman–Crippen LogP) is 0.539. The highest BCUT2D eigenvalue weighted by Crippen LogP contribution is 1.97. The molecule has 8 heavy (non-hydrogen) atoms. The third-order valence-corrected chi connectivity index (χ3v) is 1.21. The largest absolute Gasteiger partial charge is 0.312 e. The van der Waals surface area contributed by atoms with Crippen LogP contribution in [0.15, 0.2) is 11.6 Å². The van der Waals surface area contributed by atoms with E-state index in [-0.39, 0.29) is 0 Å². The molecule has 0 aromatic carbocycles. The van der Waals surface area contributed by atoms with Gasteiger partial charge in [-0.05, 0) is 13.0 Å². The Hall–Kier alpha value is -0.740. The molecule has 0 aromatic heterocycles. The van der Waals surface area contributed by atoms with Gasteiger partial charge in [0.05, 0.1) is 0 Å². The second-order valence-electron chi connectivity index (χ2n) is 1.84. The quantitative estimate of drug-likeness (QED) is 0.445. The monoisotopic (exact) mass is 107 g/mol. The van der Waals surface area contributed by atoms with E-state index in [0.717, 1.165) is 25.1 Å². The predicted molar refractivity (Wildman–Crippen MR) is 34.4 cm³/mol. The molecule has 0 fully saturated rings. The van der Waals surface area contributed by atoms with Crippen LogP contribution in [-0.4, -0.2) is 13.1 Å². The first-order valence-electron chi connectivity index (χ1n) is 2.80. The first-order valence-corrected chi connectivity index (χ1v) is 2.80. The van der Waals surface area contributed by atoms with Gasteiger partial charge in [-0.1, -0.05) is 12.0 Å². The van der Waals surface area contributed by atoms with Crippen molar-refractivity contribution in [3.63, 3.8) is 0 Å². The Labute approximate surface area is 49.8 Å². The molecule has 1 rings (SSSR count). The van der Waals surface area contributed by atoms with Gasteiger partial charge in [0, 0.05) is 12.1 Å². The van der Waals surface area contributed by atoms with Crippen LogP contribution in [-0.2, 0) is 0 Å². The zero-order valence-corrected chi connectivity index (χ0v) is 4.78. The summed E-state index contributed by atoms with van der Waals surface area (Å²) < 4.78 is 0. The Kier molecular flexibility index (Phi) is 1.71. The Bertz CT molecular complexity index is 139. The van der Waals surface area contributed by atoms with Gasteiger partial charge in [-0.2, -0.15) is 0 Å². The fourth-order valence-corrected chi connectivity index (χ4v) is 0.754. The molecule has 0 unspecified atom stereocenters. The molecule has 0 radical (unpaired) electrons. The van der Waals surface area contributed by atoms with E-state index in [1.165, 1.54) is 0 Å². The zero-order chi connectivity index (χ0) is 5.82. The number of hydrogen-bond acceptors (Lipinski definition) is 1. The maximum atomic E-state index is 5.14. The van der Waals surface area contributed by atoms with Gasteiger partial charge in [0.25, 0.3) is 0 Å². The number of hydrogen-bond donors (Lipinski definition) is 1. The number of terminal acetylenes is 1. The van der Waals surface area contributed by atoms with E-state index in [1.807, 2.05) is 0 Å². The summed E-state index contributed by atoms with van der Waals surface area (Å²) in [5.41, 5.74) is 1.09. The lowest BCUT2D eigenvalue weighted by molar-refractivity contribution is 0.715. The van der Waals surface area contributed by atoms with E-state index in [4.69, 9.17) is 6.42 Å². The number of nitrogens with one attached hydrogen (secondary N) is 1. The SMILES string of the molecule is C#CC1=CCCNC1. The van der Waals surface area contributed by atoms with Gasteiger partial charge < -0.3 is 5.32 Å². The van der Waals surface area contributed by atoms with Gasteiger partial charge in [-0.15, -0.1) is 6.42 Å². The lowest BCUT2D eigenvalue weighted by Gasteiger charge is -2.07. The third kappa shape index (κ3) is 1.11. The maximum Gasteiger partial charge on any atom is 0.0282 e. The van der Waals surface area contributed by atoms with Gasteiger partial charge in [-0.25, -0.2) is 0 Å². The molecule has 1 heterocycles. The Morgan fingerprint density at radius 2 is 2.62 bits per heavy atom. The summed E-state index contributed by atoms with van der Waals surface area (Å²) in [5.74, 6) is 2.60. The minimum atomic E-state index is 0.885. The molecule has 0 spiro atoms. The highest BCUT2D eigenvalue weighted by atomic mass is 14.9. The van der Waals surface area contributed by atoms with E-state index in [0.29, 0.717) is 0 Å². The molecule has 0 saturated heterocycles. The van der Waals surface area contributed by atoms with Crippen molar-refractivity contribution in [2.45, 2.75) is 6.42 Å². The smallest absolute Gasteiger partial charge is 0.0282 e. The fraction of sp³-hybridized carbons (Fsp3) is 0.429. The summed E-state index contributed by atoms with van der Waals surface area (Å²) in [6.45, 7) is 1.96. The van der Waals surface area contributed by atoms with E-state index >= 15 is 0 Å². The van der Waals surface area contributed by atoms with Crippen LogP contribution in [0.5, 0.6) is 0 Å². The van der Waals surface area contributed by atoms with Crippen LogP contribution in [0.3, 0.4) is 0 Å². The van der Waals surface area contributed by atoms with Crippen molar-refractivity contribution in [2.24, 2.45) is 0 Å². The molecule has 1 aliphatic rings. The molecule has 0 bridgehead atoms. The zero-order valence-electron chi connectivity index (χ0n) is 4.78. The summed E-state index contributed by atoms with van der Waals surface area (Å²) in [5, 5.41) is 3.17. The van der Waals surface area contributed by atoms with Crippen LogP contribution in [0.4, 0.5) is 0 Å². The molecule has 0 amide bonds. The first kappa shape index (κ1) is 5.40. The van der Waals surface area contributed by atoms with Crippen LogP contribution in [0.1, 0.15) is 6.42 Å². The molecule has 1 nitrogen and oxygen atoms in total. The lowest BCUT2D eigenvalue weighted by Crippen LogP contribution is -2.21. The van der Waals surface area contributed by atoms with Crippen molar-refractivity contribution >= 4 is 0 Å². The van der Waals surface area contributed by atoms with Crippen molar-refractivity contribution < 1.29 is 0 Å². The molecular weight excluding hydrogens is 98.1 g/mol. The average Bonchev–Trinajstić information content (AvgIpc) is 1.90. The van der Waals surface area contributed by atoms with Gasteiger partial charge in [0.2, 0.25) is 0 Å². The first-order chi connectivity index (χ1) is 3.93. The minimum Gasteiger partial charge on any atom is -0.312 e. The fourth-order valence-electron chi connectivity index (χ4n) is 0.754. The normalized spacial score (nSPS) is 19.1. The molecule has 1 N–H and O–H groups in total. The van der Waals surface area contributed by atoms with Crippen molar-refractivity contribution in [3.8, 4) is 12.3 Å². The van der Waals surface area contributed by atoms with Crippen molar-refractivity contribution in [1.29, 1.82) is 0 Å². The average molecular weight is 107 g/mol. The van der Waals surface area contributed by atoms with Gasteiger partial charge >= 0.3 is 0 Å². The van der Waals surface area contributed by atoms with Gasteiger partial charge in [0.1, 0.15) is 0 Å². The topological polar surface area (TPSA) is 12.0 Å². The summed E-state index contributed by atoms with van der Waals surface area (Å²) in [7, 11) is 0. The highest BCUT2D eigenvalue weighted by Gasteiger charge is 1.96. The summed E-state index contributed by atoms with van der Waals surface area (Å²) >= 11 is 0. The maximum absolute atomic E-state index is 5.14. The molecule has 42 valence electrons. The summed E-state index contributed by atoms with van der Waals surface area (Å²) in [6.07, 6.45) is 8.34. The Balaban J connectivity index is 2.53. The van der Waals surface area contributed by atoms with Crippen molar-refractivity contribution in [2.75, 3.05) is 13.1 Å². The van der Waals surface area contributed by atoms with Crippen LogP contribution in [0.25, 0.3) is 0 Å². The third-order valence-electron chi connectivity index (χ3n) is 1.21. The second kappa shape index (κ2) is 2.54. The molecular formula is C7H9N. The van der Waals surface area contributed by atoms with E-state index < -0.39 is 0 Å². The minimum absolute atomic E-state index is 0.885.